The summed E-state index contributed by atoms with van der Waals surface area (Å²) in [5, 5.41) is 3.09. The number of para-hydroxylation sites is 2. The highest BCUT2D eigenvalue weighted by Gasteiger charge is 2.23. The monoisotopic (exact) mass is 344 g/mol. The van der Waals surface area contributed by atoms with Crippen molar-refractivity contribution in [2.45, 2.75) is 12.2 Å². The summed E-state index contributed by atoms with van der Waals surface area (Å²) >= 11 is 0. The normalized spacial score (nSPS) is 13.6. The van der Waals surface area contributed by atoms with Gasteiger partial charge in [0.2, 0.25) is 5.91 Å². The van der Waals surface area contributed by atoms with Crippen LogP contribution in [0.15, 0.2) is 48.5 Å². The van der Waals surface area contributed by atoms with Crippen molar-refractivity contribution < 1.29 is 13.2 Å². The number of amides is 1. The first kappa shape index (κ1) is 16.5. The summed E-state index contributed by atoms with van der Waals surface area (Å²) in [5.41, 5.74) is 3.51. The minimum Gasteiger partial charge on any atom is -0.376 e. The van der Waals surface area contributed by atoms with E-state index in [1.165, 1.54) is 11.8 Å². The zero-order valence-electron chi connectivity index (χ0n) is 13.5. The average molecular weight is 344 g/mol. The van der Waals surface area contributed by atoms with Crippen molar-refractivity contribution in [3.8, 4) is 0 Å². The van der Waals surface area contributed by atoms with Crippen LogP contribution in [-0.4, -0.2) is 33.7 Å². The minimum absolute atomic E-state index is 0.0193. The number of sulfone groups is 1. The second-order valence-electron chi connectivity index (χ2n) is 6.00. The molecule has 2 aromatic carbocycles. The van der Waals surface area contributed by atoms with Gasteiger partial charge in [-0.15, -0.1) is 0 Å². The lowest BCUT2D eigenvalue weighted by molar-refractivity contribution is -0.116. The number of nitrogens with zero attached hydrogens (tertiary/aromatic N) is 1. The fourth-order valence-electron chi connectivity index (χ4n) is 2.96. The molecule has 1 amide bonds. The average Bonchev–Trinajstić information content (AvgIpc) is 2.96. The van der Waals surface area contributed by atoms with E-state index in [0.717, 1.165) is 12.1 Å². The Kier molecular flexibility index (Phi) is 4.57. The van der Waals surface area contributed by atoms with E-state index >= 15 is 0 Å². The molecule has 24 heavy (non-hydrogen) atoms. The maximum atomic E-state index is 12.5. The van der Waals surface area contributed by atoms with Crippen LogP contribution in [0.3, 0.4) is 0 Å². The van der Waals surface area contributed by atoms with Crippen molar-refractivity contribution in [1.29, 1.82) is 0 Å². The maximum Gasteiger partial charge on any atom is 0.246 e. The number of benzene rings is 2. The van der Waals surface area contributed by atoms with Gasteiger partial charge in [-0.25, -0.2) is 8.42 Å². The largest absolute Gasteiger partial charge is 0.376 e. The van der Waals surface area contributed by atoms with Crippen LogP contribution in [0, 0.1) is 0 Å². The number of hydrogen-bond acceptors (Lipinski definition) is 4. The minimum atomic E-state index is -3.13. The van der Waals surface area contributed by atoms with E-state index < -0.39 is 9.84 Å². The highest BCUT2D eigenvalue weighted by atomic mass is 32.2. The number of nitrogens with one attached hydrogen (secondary N) is 1. The molecule has 0 aromatic heterocycles. The molecule has 0 unspecified atom stereocenters. The van der Waals surface area contributed by atoms with E-state index in [4.69, 9.17) is 0 Å². The molecular weight excluding hydrogens is 324 g/mol. The predicted molar refractivity (Wildman–Crippen MR) is 96.0 cm³/mol. The van der Waals surface area contributed by atoms with Gasteiger partial charge in [-0.2, -0.15) is 0 Å². The quantitative estimate of drug-likeness (QED) is 0.903. The third-order valence-electron chi connectivity index (χ3n) is 4.05. The Morgan fingerprint density at radius 2 is 1.83 bits per heavy atom. The van der Waals surface area contributed by atoms with E-state index in [1.807, 2.05) is 30.3 Å². The van der Waals surface area contributed by atoms with Gasteiger partial charge < -0.3 is 10.2 Å². The van der Waals surface area contributed by atoms with Crippen LogP contribution in [0.1, 0.15) is 11.1 Å². The number of carbonyl (C=O) groups excluding carboxylic acids is 1. The third kappa shape index (κ3) is 3.76. The molecule has 3 rings (SSSR count). The van der Waals surface area contributed by atoms with Gasteiger partial charge in [0.15, 0.2) is 9.84 Å². The summed E-state index contributed by atoms with van der Waals surface area (Å²) in [7, 11) is -3.13. The van der Waals surface area contributed by atoms with Crippen LogP contribution in [0.4, 0.5) is 11.4 Å². The molecule has 0 spiro atoms. The highest BCUT2D eigenvalue weighted by Crippen LogP contribution is 2.27. The molecule has 5 nitrogen and oxygen atoms in total. The fourth-order valence-corrected chi connectivity index (χ4v) is 3.78. The molecule has 126 valence electrons. The van der Waals surface area contributed by atoms with Gasteiger partial charge in [-0.05, 0) is 29.7 Å². The van der Waals surface area contributed by atoms with Crippen molar-refractivity contribution in [1.82, 2.24) is 0 Å². The first-order valence-corrected chi connectivity index (χ1v) is 9.88. The van der Waals surface area contributed by atoms with E-state index in [1.54, 1.807) is 23.1 Å². The number of fused-ring (bicyclic) bond motifs is 1. The van der Waals surface area contributed by atoms with Crippen molar-refractivity contribution in [2.75, 3.05) is 29.6 Å². The Labute approximate surface area is 142 Å². The van der Waals surface area contributed by atoms with E-state index in [2.05, 4.69) is 5.32 Å². The molecule has 2 aromatic rings. The molecule has 0 fully saturated rings. The Hall–Kier alpha value is -2.34. The highest BCUT2D eigenvalue weighted by molar-refractivity contribution is 7.89. The maximum absolute atomic E-state index is 12.5. The molecule has 0 saturated carbocycles. The molecule has 6 heteroatoms. The summed E-state index contributed by atoms with van der Waals surface area (Å²) in [4.78, 5) is 14.3. The predicted octanol–water partition coefficient (Wildman–Crippen LogP) is 2.23. The lowest BCUT2D eigenvalue weighted by Gasteiger charge is -2.19. The van der Waals surface area contributed by atoms with Crippen LogP contribution < -0.4 is 10.2 Å². The second-order valence-corrected chi connectivity index (χ2v) is 8.15. The van der Waals surface area contributed by atoms with Gasteiger partial charge in [-0.3, -0.25) is 4.79 Å². The van der Waals surface area contributed by atoms with Crippen molar-refractivity contribution in [3.63, 3.8) is 0 Å². The van der Waals surface area contributed by atoms with Crippen LogP contribution >= 0.6 is 0 Å². The Balaban J connectivity index is 1.70. The van der Waals surface area contributed by atoms with Gasteiger partial charge in [0, 0.05) is 24.2 Å². The van der Waals surface area contributed by atoms with Crippen molar-refractivity contribution >= 4 is 27.1 Å². The molecule has 0 saturated heterocycles. The van der Waals surface area contributed by atoms with Crippen LogP contribution in [0.25, 0.3) is 0 Å². The van der Waals surface area contributed by atoms with E-state index in [0.29, 0.717) is 17.8 Å². The van der Waals surface area contributed by atoms with E-state index in [-0.39, 0.29) is 18.2 Å². The second kappa shape index (κ2) is 6.65. The van der Waals surface area contributed by atoms with Crippen molar-refractivity contribution in [2.24, 2.45) is 0 Å². The molecule has 0 aliphatic carbocycles. The number of carbonyl (C=O) groups is 1. The van der Waals surface area contributed by atoms with Gasteiger partial charge in [0.25, 0.3) is 0 Å². The number of rotatable bonds is 5. The Bertz CT molecular complexity index is 862. The van der Waals surface area contributed by atoms with Crippen molar-refractivity contribution in [3.05, 3.63) is 59.7 Å². The van der Waals surface area contributed by atoms with Gasteiger partial charge in [-0.1, -0.05) is 36.4 Å². The third-order valence-corrected chi connectivity index (χ3v) is 4.89. The number of hydrogen-bond donors (Lipinski definition) is 1. The SMILES string of the molecule is CS(=O)(=O)Cc1ccccc1NCC(=O)N1CCc2ccccc21. The van der Waals surface area contributed by atoms with E-state index in [9.17, 15) is 13.2 Å². The molecule has 1 heterocycles. The summed E-state index contributed by atoms with van der Waals surface area (Å²) in [6.45, 7) is 0.819. The lowest BCUT2D eigenvalue weighted by atomic mass is 10.2. The van der Waals surface area contributed by atoms with Crippen LogP contribution in [0.2, 0.25) is 0 Å². The Morgan fingerprint density at radius 3 is 2.62 bits per heavy atom. The molecule has 0 radical (unpaired) electrons. The topological polar surface area (TPSA) is 66.5 Å². The number of anilines is 2. The summed E-state index contributed by atoms with van der Waals surface area (Å²) in [5.74, 6) is -0.0641. The molecule has 1 aliphatic heterocycles. The van der Waals surface area contributed by atoms with Crippen LogP contribution in [0.5, 0.6) is 0 Å². The standard InChI is InChI=1S/C18H20N2O3S/c1-24(22,23)13-15-7-2-4-8-16(15)19-12-18(21)20-11-10-14-6-3-5-9-17(14)20/h2-9,19H,10-13H2,1H3. The lowest BCUT2D eigenvalue weighted by Crippen LogP contribution is -2.34. The van der Waals surface area contributed by atoms with Gasteiger partial charge >= 0.3 is 0 Å². The molecule has 1 aliphatic rings. The summed E-state index contributed by atoms with van der Waals surface area (Å²) < 4.78 is 23.1. The molecule has 1 N–H and O–H groups in total. The van der Waals surface area contributed by atoms with Gasteiger partial charge in [0.05, 0.1) is 12.3 Å². The Morgan fingerprint density at radius 1 is 1.12 bits per heavy atom. The first-order chi connectivity index (χ1) is 11.4. The molecule has 0 atom stereocenters. The molecular formula is C18H20N2O3S. The zero-order valence-corrected chi connectivity index (χ0v) is 14.3. The van der Waals surface area contributed by atoms with Gasteiger partial charge in [0.1, 0.15) is 0 Å². The smallest absolute Gasteiger partial charge is 0.246 e. The fraction of sp³-hybridized carbons (Fsp3) is 0.278. The molecule has 0 bridgehead atoms. The summed E-state index contributed by atoms with van der Waals surface area (Å²) in [6.07, 6.45) is 2.07. The first-order valence-electron chi connectivity index (χ1n) is 7.82. The zero-order chi connectivity index (χ0) is 17.2. The summed E-state index contributed by atoms with van der Waals surface area (Å²) in [6, 6.07) is 15.1. The van der Waals surface area contributed by atoms with Crippen LogP contribution in [-0.2, 0) is 26.8 Å².